The van der Waals surface area contributed by atoms with Gasteiger partial charge in [0.05, 0.1) is 5.69 Å². The number of nitrogens with zero attached hydrogens (tertiary/aromatic N) is 2. The molecule has 0 radical (unpaired) electrons. The number of nitrogens with one attached hydrogen (secondary N) is 1. The molecule has 3 nitrogen and oxygen atoms in total. The van der Waals surface area contributed by atoms with Crippen molar-refractivity contribution < 1.29 is 0 Å². The third kappa shape index (κ3) is 2.56. The van der Waals surface area contributed by atoms with Gasteiger partial charge in [0.15, 0.2) is 0 Å². The van der Waals surface area contributed by atoms with E-state index in [0.717, 1.165) is 12.1 Å². The van der Waals surface area contributed by atoms with Gasteiger partial charge >= 0.3 is 0 Å². The molecule has 74 valence electrons. The zero-order chi connectivity index (χ0) is 10.1. The minimum absolute atomic E-state index is 0.147. The number of aromatic nitrogens is 2. The lowest BCUT2D eigenvalue weighted by Crippen LogP contribution is -2.38. The molecule has 0 aliphatic rings. The molecule has 0 amide bonds. The van der Waals surface area contributed by atoms with Crippen LogP contribution in [0.2, 0.25) is 0 Å². The van der Waals surface area contributed by atoms with Crippen LogP contribution in [-0.4, -0.2) is 22.4 Å². The molecular formula is C10H19N3. The molecule has 0 aliphatic heterocycles. The van der Waals surface area contributed by atoms with E-state index in [1.165, 1.54) is 5.56 Å². The van der Waals surface area contributed by atoms with Crippen LogP contribution in [0, 0.1) is 6.92 Å². The highest BCUT2D eigenvalue weighted by atomic mass is 15.2. The Morgan fingerprint density at radius 3 is 2.54 bits per heavy atom. The average molecular weight is 181 g/mol. The number of aryl methyl sites for hydroxylation is 2. The van der Waals surface area contributed by atoms with Gasteiger partial charge in [0.25, 0.3) is 0 Å². The van der Waals surface area contributed by atoms with E-state index in [1.54, 1.807) is 0 Å². The maximum absolute atomic E-state index is 4.32. The second kappa shape index (κ2) is 3.50. The van der Waals surface area contributed by atoms with Gasteiger partial charge in [-0.05, 0) is 39.8 Å². The van der Waals surface area contributed by atoms with Crippen LogP contribution in [0.15, 0.2) is 6.20 Å². The Balaban J connectivity index is 2.79. The zero-order valence-electron chi connectivity index (χ0n) is 9.18. The van der Waals surface area contributed by atoms with Gasteiger partial charge in [-0.25, -0.2) is 0 Å². The van der Waals surface area contributed by atoms with Crippen LogP contribution in [0.25, 0.3) is 0 Å². The van der Waals surface area contributed by atoms with Gasteiger partial charge < -0.3 is 5.32 Å². The summed E-state index contributed by atoms with van der Waals surface area (Å²) in [5.74, 6) is 0. The largest absolute Gasteiger partial charge is 0.314 e. The lowest BCUT2D eigenvalue weighted by molar-refractivity contribution is 0.421. The van der Waals surface area contributed by atoms with Crippen LogP contribution in [0.4, 0.5) is 0 Å². The van der Waals surface area contributed by atoms with E-state index in [1.807, 2.05) is 18.8 Å². The van der Waals surface area contributed by atoms with Crippen LogP contribution >= 0.6 is 0 Å². The molecule has 0 bridgehead atoms. The van der Waals surface area contributed by atoms with Gasteiger partial charge in [0, 0.05) is 18.8 Å². The van der Waals surface area contributed by atoms with Crippen LogP contribution in [0.3, 0.4) is 0 Å². The Kier molecular flexibility index (Phi) is 2.76. The standard InChI is InChI=1S/C10H19N3/c1-8-9(7-13(5)12-8)6-10(2,3)11-4/h7,11H,6H2,1-5H3. The molecule has 0 unspecified atom stereocenters. The average Bonchev–Trinajstić information content (AvgIpc) is 2.30. The third-order valence-corrected chi connectivity index (χ3v) is 2.42. The fraction of sp³-hybridized carbons (Fsp3) is 0.700. The molecule has 0 saturated carbocycles. The van der Waals surface area contributed by atoms with Gasteiger partial charge in [0.2, 0.25) is 0 Å². The number of rotatable bonds is 3. The van der Waals surface area contributed by atoms with Crippen molar-refractivity contribution in [2.75, 3.05) is 7.05 Å². The smallest absolute Gasteiger partial charge is 0.0626 e. The molecule has 1 heterocycles. The van der Waals surface area contributed by atoms with Crippen molar-refractivity contribution in [2.45, 2.75) is 32.7 Å². The summed E-state index contributed by atoms with van der Waals surface area (Å²) in [7, 11) is 3.95. The molecule has 0 atom stereocenters. The van der Waals surface area contributed by atoms with Gasteiger partial charge in [-0.2, -0.15) is 5.10 Å². The van der Waals surface area contributed by atoms with E-state index in [0.29, 0.717) is 0 Å². The van der Waals surface area contributed by atoms with Gasteiger partial charge in [-0.1, -0.05) is 0 Å². The lowest BCUT2D eigenvalue weighted by Gasteiger charge is -2.23. The first-order valence-corrected chi connectivity index (χ1v) is 4.62. The quantitative estimate of drug-likeness (QED) is 0.761. The molecule has 1 aromatic rings. The lowest BCUT2D eigenvalue weighted by atomic mass is 9.96. The summed E-state index contributed by atoms with van der Waals surface area (Å²) in [6.45, 7) is 6.44. The van der Waals surface area contributed by atoms with E-state index in [9.17, 15) is 0 Å². The van der Waals surface area contributed by atoms with Gasteiger partial charge in [-0.3, -0.25) is 4.68 Å². The van der Waals surface area contributed by atoms with E-state index in [4.69, 9.17) is 0 Å². The highest BCUT2D eigenvalue weighted by Crippen LogP contribution is 2.14. The maximum Gasteiger partial charge on any atom is 0.0626 e. The second-order valence-corrected chi connectivity index (χ2v) is 4.22. The predicted octanol–water partition coefficient (Wildman–Crippen LogP) is 1.27. The minimum atomic E-state index is 0.147. The first-order chi connectivity index (χ1) is 5.94. The summed E-state index contributed by atoms with van der Waals surface area (Å²) < 4.78 is 1.87. The Morgan fingerprint density at radius 1 is 1.54 bits per heavy atom. The molecule has 1 aromatic heterocycles. The van der Waals surface area contributed by atoms with E-state index >= 15 is 0 Å². The molecule has 0 aliphatic carbocycles. The van der Waals surface area contributed by atoms with Crippen molar-refractivity contribution in [1.82, 2.24) is 15.1 Å². The highest BCUT2D eigenvalue weighted by Gasteiger charge is 2.17. The predicted molar refractivity (Wildman–Crippen MR) is 54.8 cm³/mol. The zero-order valence-corrected chi connectivity index (χ0v) is 9.18. The Morgan fingerprint density at radius 2 is 2.15 bits per heavy atom. The fourth-order valence-corrected chi connectivity index (χ4v) is 1.39. The van der Waals surface area contributed by atoms with Crippen molar-refractivity contribution in [3.8, 4) is 0 Å². The monoisotopic (exact) mass is 181 g/mol. The van der Waals surface area contributed by atoms with Gasteiger partial charge in [0.1, 0.15) is 0 Å². The number of hydrogen-bond acceptors (Lipinski definition) is 2. The van der Waals surface area contributed by atoms with Crippen molar-refractivity contribution in [3.63, 3.8) is 0 Å². The second-order valence-electron chi connectivity index (χ2n) is 4.22. The number of hydrogen-bond donors (Lipinski definition) is 1. The molecule has 0 spiro atoms. The summed E-state index contributed by atoms with van der Waals surface area (Å²) in [5.41, 5.74) is 2.60. The van der Waals surface area contributed by atoms with Crippen LogP contribution in [-0.2, 0) is 13.5 Å². The highest BCUT2D eigenvalue weighted by molar-refractivity contribution is 5.18. The first-order valence-electron chi connectivity index (χ1n) is 4.62. The van der Waals surface area contributed by atoms with Crippen molar-refractivity contribution >= 4 is 0 Å². The van der Waals surface area contributed by atoms with Crippen molar-refractivity contribution in [3.05, 3.63) is 17.5 Å². The fourth-order valence-electron chi connectivity index (χ4n) is 1.39. The molecule has 0 saturated heterocycles. The van der Waals surface area contributed by atoms with Gasteiger partial charge in [-0.15, -0.1) is 0 Å². The van der Waals surface area contributed by atoms with E-state index in [2.05, 4.69) is 37.4 Å². The summed E-state index contributed by atoms with van der Waals surface area (Å²) in [6.07, 6.45) is 3.11. The first kappa shape index (κ1) is 10.3. The molecule has 0 aromatic carbocycles. The normalized spacial score (nSPS) is 12.1. The topological polar surface area (TPSA) is 29.9 Å². The molecule has 0 fully saturated rings. The molecule has 1 rings (SSSR count). The minimum Gasteiger partial charge on any atom is -0.314 e. The molecule has 1 N–H and O–H groups in total. The number of likely N-dealkylation sites (N-methyl/N-ethyl adjacent to an activating group) is 1. The molecular weight excluding hydrogens is 162 g/mol. The summed E-state index contributed by atoms with van der Waals surface area (Å²) >= 11 is 0. The molecule has 13 heavy (non-hydrogen) atoms. The van der Waals surface area contributed by atoms with Crippen LogP contribution in [0.1, 0.15) is 25.1 Å². The molecule has 3 heteroatoms. The summed E-state index contributed by atoms with van der Waals surface area (Å²) in [6, 6.07) is 0. The SMILES string of the molecule is CNC(C)(C)Cc1cn(C)nc1C. The van der Waals surface area contributed by atoms with Crippen LogP contribution in [0.5, 0.6) is 0 Å². The van der Waals surface area contributed by atoms with Crippen molar-refractivity contribution in [1.29, 1.82) is 0 Å². The van der Waals surface area contributed by atoms with E-state index < -0.39 is 0 Å². The Hall–Kier alpha value is -0.830. The Labute approximate surface area is 80.1 Å². The third-order valence-electron chi connectivity index (χ3n) is 2.42. The summed E-state index contributed by atoms with van der Waals surface area (Å²) in [5, 5.41) is 7.61. The van der Waals surface area contributed by atoms with Crippen molar-refractivity contribution in [2.24, 2.45) is 7.05 Å². The Bertz CT molecular complexity index is 286. The maximum atomic E-state index is 4.32. The summed E-state index contributed by atoms with van der Waals surface area (Å²) in [4.78, 5) is 0. The van der Waals surface area contributed by atoms with Crippen LogP contribution < -0.4 is 5.32 Å². The van der Waals surface area contributed by atoms with E-state index in [-0.39, 0.29) is 5.54 Å².